The lowest BCUT2D eigenvalue weighted by molar-refractivity contribution is -0.287. The molecule has 0 heterocycles. The van der Waals surface area contributed by atoms with E-state index in [1.807, 2.05) is 0 Å². The fraction of sp³-hybridized carbons (Fsp3) is 1.00. The maximum absolute atomic E-state index is 11.9. The molecule has 1 nitrogen and oxygen atoms in total. The van der Waals surface area contributed by atoms with Crippen LogP contribution < -0.4 is 0 Å². The van der Waals surface area contributed by atoms with Crippen molar-refractivity contribution in [3.05, 3.63) is 0 Å². The molecule has 1 N–H and O–H groups in total. The molecule has 0 aliphatic heterocycles. The number of fused-ring (bicyclic) bond motifs is 7. The predicted molar refractivity (Wildman–Crippen MR) is 140 cm³/mol. The molecule has 0 amide bonds. The normalized spacial score (nSPS) is 62.5. The molecule has 5 fully saturated rings. The van der Waals surface area contributed by atoms with Gasteiger partial charge in [0.1, 0.15) is 0 Å². The Morgan fingerprint density at radius 2 is 1.33 bits per heavy atom. The molecule has 5 saturated carbocycles. The standard InChI is InChI=1S/C32H56O/c1-19-13-14-29(7)15-16-30(8)23(25(29)22(19)4)11-12-24-31(30,9)18-20(2)26-28(5,6)17-21(3)27(33)32(24,26)10/h19-27,33H,11-18H2,1-10H3/t19-,20?,21?,22+,23-,24+,25+,26+,27?,29-,30-,31-,32-/m1/s1. The first-order chi connectivity index (χ1) is 15.1. The number of aliphatic hydroxyl groups is 1. The molecule has 190 valence electrons. The Morgan fingerprint density at radius 3 is 2.00 bits per heavy atom. The highest BCUT2D eigenvalue weighted by Crippen LogP contribution is 2.78. The summed E-state index contributed by atoms with van der Waals surface area (Å²) >= 11 is 0. The van der Waals surface area contributed by atoms with E-state index in [-0.39, 0.29) is 11.5 Å². The van der Waals surface area contributed by atoms with Gasteiger partial charge in [0.05, 0.1) is 6.10 Å². The maximum atomic E-state index is 11.9. The van der Waals surface area contributed by atoms with Crippen molar-refractivity contribution >= 4 is 0 Å². The Kier molecular flexibility index (Phi) is 5.42. The average molecular weight is 457 g/mol. The van der Waals surface area contributed by atoms with E-state index in [0.717, 1.165) is 23.7 Å². The van der Waals surface area contributed by atoms with Crippen LogP contribution in [0.3, 0.4) is 0 Å². The van der Waals surface area contributed by atoms with Gasteiger partial charge in [-0.05, 0) is 120 Å². The van der Waals surface area contributed by atoms with Gasteiger partial charge in [-0.3, -0.25) is 0 Å². The first-order valence-corrected chi connectivity index (χ1v) is 14.8. The van der Waals surface area contributed by atoms with E-state index >= 15 is 0 Å². The highest BCUT2D eigenvalue weighted by molar-refractivity contribution is 5.20. The molecule has 0 spiro atoms. The van der Waals surface area contributed by atoms with E-state index < -0.39 is 0 Å². The predicted octanol–water partition coefficient (Wildman–Crippen LogP) is 8.60. The average Bonchev–Trinajstić information content (AvgIpc) is 2.70. The quantitative estimate of drug-likeness (QED) is 0.387. The number of hydrogen-bond donors (Lipinski definition) is 1. The third-order valence-electron chi connectivity index (χ3n) is 14.3. The van der Waals surface area contributed by atoms with E-state index in [1.165, 1.54) is 51.4 Å². The zero-order valence-corrected chi connectivity index (χ0v) is 23.8. The van der Waals surface area contributed by atoms with Crippen molar-refractivity contribution in [2.24, 2.45) is 74.4 Å². The molecule has 13 atom stereocenters. The Hall–Kier alpha value is -0.0400. The molecule has 0 aromatic carbocycles. The van der Waals surface area contributed by atoms with Gasteiger partial charge in [0, 0.05) is 5.41 Å². The smallest absolute Gasteiger partial charge is 0.0625 e. The van der Waals surface area contributed by atoms with Crippen molar-refractivity contribution in [1.82, 2.24) is 0 Å². The van der Waals surface area contributed by atoms with E-state index in [1.54, 1.807) is 0 Å². The minimum atomic E-state index is -0.148. The Bertz CT molecular complexity index is 785. The van der Waals surface area contributed by atoms with Crippen LogP contribution in [0, 0.1) is 74.4 Å². The van der Waals surface area contributed by atoms with Crippen LogP contribution in [-0.2, 0) is 0 Å². The van der Waals surface area contributed by atoms with Crippen molar-refractivity contribution in [2.75, 3.05) is 0 Å². The van der Waals surface area contributed by atoms with Gasteiger partial charge in [-0.2, -0.15) is 0 Å². The second-order valence-electron chi connectivity index (χ2n) is 16.3. The van der Waals surface area contributed by atoms with Gasteiger partial charge < -0.3 is 5.11 Å². The summed E-state index contributed by atoms with van der Waals surface area (Å²) in [4.78, 5) is 0. The molecule has 0 radical (unpaired) electrons. The van der Waals surface area contributed by atoms with Crippen LogP contribution in [0.4, 0.5) is 0 Å². The molecule has 33 heavy (non-hydrogen) atoms. The van der Waals surface area contributed by atoms with Gasteiger partial charge >= 0.3 is 0 Å². The second-order valence-corrected chi connectivity index (χ2v) is 16.3. The number of hydrogen-bond acceptors (Lipinski definition) is 1. The van der Waals surface area contributed by atoms with Crippen molar-refractivity contribution in [3.63, 3.8) is 0 Å². The van der Waals surface area contributed by atoms with Gasteiger partial charge in [-0.1, -0.05) is 69.2 Å². The minimum absolute atomic E-state index is 0.0494. The second kappa shape index (κ2) is 7.26. The summed E-state index contributed by atoms with van der Waals surface area (Å²) in [6.07, 6.45) is 10.9. The van der Waals surface area contributed by atoms with Crippen LogP contribution in [0.5, 0.6) is 0 Å². The maximum Gasteiger partial charge on any atom is 0.0625 e. The molecule has 0 aromatic rings. The molecule has 0 bridgehead atoms. The lowest BCUT2D eigenvalue weighted by Crippen LogP contribution is -2.71. The van der Waals surface area contributed by atoms with Crippen molar-refractivity contribution in [2.45, 2.75) is 127 Å². The van der Waals surface area contributed by atoms with Crippen molar-refractivity contribution in [1.29, 1.82) is 0 Å². The molecule has 0 aromatic heterocycles. The Morgan fingerprint density at radius 1 is 0.667 bits per heavy atom. The molecule has 5 aliphatic carbocycles. The summed E-state index contributed by atoms with van der Waals surface area (Å²) in [6, 6.07) is 0. The molecule has 5 aliphatic rings. The van der Waals surface area contributed by atoms with Crippen molar-refractivity contribution in [3.8, 4) is 0 Å². The molecule has 1 heteroatoms. The fourth-order valence-electron chi connectivity index (χ4n) is 13.2. The van der Waals surface area contributed by atoms with Gasteiger partial charge in [0.25, 0.3) is 0 Å². The Labute approximate surface area is 206 Å². The number of rotatable bonds is 0. The molecular formula is C32H56O. The van der Waals surface area contributed by atoms with E-state index in [4.69, 9.17) is 0 Å². The third kappa shape index (κ3) is 2.93. The monoisotopic (exact) mass is 456 g/mol. The van der Waals surface area contributed by atoms with Crippen LogP contribution in [0.25, 0.3) is 0 Å². The first kappa shape index (κ1) is 24.6. The molecule has 3 unspecified atom stereocenters. The topological polar surface area (TPSA) is 20.2 Å². The van der Waals surface area contributed by atoms with Crippen molar-refractivity contribution < 1.29 is 5.11 Å². The zero-order valence-electron chi connectivity index (χ0n) is 23.8. The molecular weight excluding hydrogens is 400 g/mol. The zero-order chi connectivity index (χ0) is 24.4. The summed E-state index contributed by atoms with van der Waals surface area (Å²) in [6.45, 7) is 25.8. The van der Waals surface area contributed by atoms with Gasteiger partial charge in [0.15, 0.2) is 0 Å². The van der Waals surface area contributed by atoms with Crippen LogP contribution in [-0.4, -0.2) is 11.2 Å². The summed E-state index contributed by atoms with van der Waals surface area (Å²) in [5, 5.41) is 11.9. The Balaban J connectivity index is 1.60. The van der Waals surface area contributed by atoms with Crippen LogP contribution in [0.1, 0.15) is 121 Å². The lowest BCUT2D eigenvalue weighted by atomic mass is 9.29. The van der Waals surface area contributed by atoms with Crippen LogP contribution in [0.2, 0.25) is 0 Å². The summed E-state index contributed by atoms with van der Waals surface area (Å²) in [7, 11) is 0. The van der Waals surface area contributed by atoms with Gasteiger partial charge in [-0.15, -0.1) is 0 Å². The third-order valence-corrected chi connectivity index (χ3v) is 14.3. The van der Waals surface area contributed by atoms with Gasteiger partial charge in [-0.25, -0.2) is 0 Å². The molecule has 0 saturated heterocycles. The van der Waals surface area contributed by atoms with E-state index in [2.05, 4.69) is 69.2 Å². The highest BCUT2D eigenvalue weighted by Gasteiger charge is 2.72. The fourth-order valence-corrected chi connectivity index (χ4v) is 13.2. The molecule has 5 rings (SSSR count). The van der Waals surface area contributed by atoms with Gasteiger partial charge in [0.2, 0.25) is 0 Å². The largest absolute Gasteiger partial charge is 0.392 e. The van der Waals surface area contributed by atoms with Crippen LogP contribution >= 0.6 is 0 Å². The highest BCUT2D eigenvalue weighted by atomic mass is 16.3. The summed E-state index contributed by atoms with van der Waals surface area (Å²) in [5.74, 6) is 5.90. The first-order valence-electron chi connectivity index (χ1n) is 14.8. The van der Waals surface area contributed by atoms with E-state index in [9.17, 15) is 5.11 Å². The number of aliphatic hydroxyl groups excluding tert-OH is 1. The lowest BCUT2D eigenvalue weighted by Gasteiger charge is -2.75. The van der Waals surface area contributed by atoms with Crippen LogP contribution in [0.15, 0.2) is 0 Å². The minimum Gasteiger partial charge on any atom is -0.392 e. The summed E-state index contributed by atoms with van der Waals surface area (Å²) < 4.78 is 0. The SMILES string of the molecule is CC1CC(C)(C)[C@@H]2C(C)C[C@]3(C)[C@H](CC[C@@H]4[C@@H]5[C@@H](C)[C@H](C)CC[C@]5(C)CC[C@]43C)[C@@]2(C)C1O. The van der Waals surface area contributed by atoms with E-state index in [0.29, 0.717) is 45.3 Å². The summed E-state index contributed by atoms with van der Waals surface area (Å²) in [5.41, 5.74) is 1.69.